The molecule has 3 rings (SSSR count). The Labute approximate surface area is 194 Å². The number of nitrogens with one attached hydrogen (secondary N) is 2. The number of amides is 3. The lowest BCUT2D eigenvalue weighted by Gasteiger charge is -2.36. The molecular formula is C23H26F2N4O5. The number of carboxylic acid groups (broad SMARTS) is 1. The second-order valence-corrected chi connectivity index (χ2v) is 8.34. The van der Waals surface area contributed by atoms with Gasteiger partial charge >= 0.3 is 12.6 Å². The van der Waals surface area contributed by atoms with Crippen LogP contribution >= 0.6 is 0 Å². The van der Waals surface area contributed by atoms with Crippen LogP contribution in [0.4, 0.5) is 13.6 Å². The van der Waals surface area contributed by atoms with Crippen molar-refractivity contribution in [3.8, 4) is 11.1 Å². The average molecular weight is 476 g/mol. The van der Waals surface area contributed by atoms with Crippen molar-refractivity contribution in [2.75, 3.05) is 0 Å². The molecule has 34 heavy (non-hydrogen) atoms. The van der Waals surface area contributed by atoms with E-state index in [1.165, 1.54) is 6.07 Å². The summed E-state index contributed by atoms with van der Waals surface area (Å²) in [5, 5.41) is 14.1. The van der Waals surface area contributed by atoms with E-state index < -0.39 is 41.6 Å². The Kier molecular flexibility index (Phi) is 7.64. The number of aromatic nitrogens is 1. The summed E-state index contributed by atoms with van der Waals surface area (Å²) in [5.74, 6) is -1.37. The molecule has 1 aliphatic rings. The molecule has 1 aromatic heterocycles. The topological polar surface area (TPSA) is 144 Å². The first-order valence-corrected chi connectivity index (χ1v) is 10.8. The van der Waals surface area contributed by atoms with Gasteiger partial charge in [0, 0.05) is 18.7 Å². The van der Waals surface area contributed by atoms with Gasteiger partial charge in [-0.05, 0) is 35.6 Å². The van der Waals surface area contributed by atoms with Crippen LogP contribution in [-0.4, -0.2) is 39.2 Å². The first kappa shape index (κ1) is 24.9. The van der Waals surface area contributed by atoms with Gasteiger partial charge in [0.05, 0.1) is 0 Å². The maximum absolute atomic E-state index is 13.0. The minimum Gasteiger partial charge on any atom is -0.465 e. The lowest BCUT2D eigenvalue weighted by molar-refractivity contribution is -0.132. The molecule has 1 atom stereocenters. The molecule has 1 unspecified atom stereocenters. The number of carbonyl (C=O) groups excluding carboxylic acids is 2. The Morgan fingerprint density at radius 1 is 1.03 bits per heavy atom. The highest BCUT2D eigenvalue weighted by Gasteiger charge is 2.42. The molecule has 0 radical (unpaired) electrons. The number of halogens is 2. The lowest BCUT2D eigenvalue weighted by Crippen LogP contribution is -2.62. The Morgan fingerprint density at radius 2 is 1.65 bits per heavy atom. The van der Waals surface area contributed by atoms with Crippen molar-refractivity contribution >= 4 is 17.9 Å². The zero-order valence-corrected chi connectivity index (χ0v) is 18.3. The molecule has 0 spiro atoms. The molecule has 11 heteroatoms. The zero-order valence-electron chi connectivity index (χ0n) is 18.3. The summed E-state index contributed by atoms with van der Waals surface area (Å²) in [6.45, 7) is -2.96. The molecule has 1 saturated carbocycles. The molecule has 1 fully saturated rings. The number of benzene rings is 1. The van der Waals surface area contributed by atoms with E-state index >= 15 is 0 Å². The van der Waals surface area contributed by atoms with Crippen LogP contribution in [-0.2, 0) is 16.0 Å². The lowest BCUT2D eigenvalue weighted by atomic mass is 9.80. The smallest absolute Gasteiger partial charge is 0.405 e. The van der Waals surface area contributed by atoms with Gasteiger partial charge in [-0.1, -0.05) is 43.5 Å². The van der Waals surface area contributed by atoms with E-state index in [1.807, 2.05) is 0 Å². The summed E-state index contributed by atoms with van der Waals surface area (Å²) >= 11 is 0. The third-order valence-corrected chi connectivity index (χ3v) is 6.01. The first-order valence-electron chi connectivity index (χ1n) is 10.8. The fourth-order valence-corrected chi connectivity index (χ4v) is 4.18. The summed E-state index contributed by atoms with van der Waals surface area (Å²) in [6, 6.07) is 8.00. The second-order valence-electron chi connectivity index (χ2n) is 8.34. The minimum atomic E-state index is -2.96. The number of hydrogen-bond donors (Lipinski definition) is 4. The number of alkyl halides is 2. The largest absolute Gasteiger partial charge is 0.465 e. The van der Waals surface area contributed by atoms with E-state index in [0.29, 0.717) is 46.9 Å². The third kappa shape index (κ3) is 5.77. The normalized spacial score (nSPS) is 16.0. The van der Waals surface area contributed by atoms with Gasteiger partial charge in [0.15, 0.2) is 0 Å². The standard InChI is InChI=1S/C23H26F2N4O5/c24-21(25)29-13-16(8-9-18(29)30)15-6-4-14(5-7-15)12-17(19(26)31)27-20(32)23(28-22(33)34)10-2-1-3-11-23/h4-9,13,17,21,28H,1-3,10-12H2,(H2,26,31)(H,27,32)(H,33,34). The minimum absolute atomic E-state index is 0.0566. The molecule has 0 saturated heterocycles. The van der Waals surface area contributed by atoms with Crippen LogP contribution in [0, 0.1) is 0 Å². The SMILES string of the molecule is NC(=O)C(Cc1ccc(-c2ccc(=O)n(C(F)F)c2)cc1)NC(=O)C1(NC(=O)O)CCCCC1. The van der Waals surface area contributed by atoms with Crippen LogP contribution in [0.15, 0.2) is 47.4 Å². The first-order chi connectivity index (χ1) is 16.1. The molecule has 1 aliphatic carbocycles. The predicted molar refractivity (Wildman–Crippen MR) is 119 cm³/mol. The number of hydrogen-bond acceptors (Lipinski definition) is 4. The van der Waals surface area contributed by atoms with E-state index in [9.17, 15) is 33.1 Å². The van der Waals surface area contributed by atoms with Gasteiger partial charge in [-0.2, -0.15) is 8.78 Å². The van der Waals surface area contributed by atoms with Crippen LogP contribution in [0.3, 0.4) is 0 Å². The van der Waals surface area contributed by atoms with Crippen LogP contribution in [0.5, 0.6) is 0 Å². The zero-order chi connectivity index (χ0) is 24.9. The molecule has 1 heterocycles. The van der Waals surface area contributed by atoms with Crippen molar-refractivity contribution in [2.24, 2.45) is 5.73 Å². The van der Waals surface area contributed by atoms with Crippen molar-refractivity contribution in [1.29, 1.82) is 0 Å². The van der Waals surface area contributed by atoms with Crippen molar-refractivity contribution in [2.45, 2.75) is 56.7 Å². The highest BCUT2D eigenvalue weighted by atomic mass is 19.3. The molecule has 0 bridgehead atoms. The average Bonchev–Trinajstić information content (AvgIpc) is 2.79. The van der Waals surface area contributed by atoms with E-state index in [2.05, 4.69) is 10.6 Å². The van der Waals surface area contributed by atoms with E-state index in [-0.39, 0.29) is 6.42 Å². The van der Waals surface area contributed by atoms with Gasteiger partial charge in [-0.25, -0.2) is 4.79 Å². The molecule has 5 N–H and O–H groups in total. The Bertz CT molecular complexity index is 1110. The summed E-state index contributed by atoms with van der Waals surface area (Å²) in [7, 11) is 0. The highest BCUT2D eigenvalue weighted by molar-refractivity contribution is 5.93. The van der Waals surface area contributed by atoms with Gasteiger partial charge in [0.1, 0.15) is 11.6 Å². The van der Waals surface area contributed by atoms with E-state index in [1.54, 1.807) is 24.3 Å². The van der Waals surface area contributed by atoms with Crippen LogP contribution in [0.25, 0.3) is 11.1 Å². The Balaban J connectivity index is 1.75. The fraction of sp³-hybridized carbons (Fsp3) is 0.391. The maximum Gasteiger partial charge on any atom is 0.405 e. The summed E-state index contributed by atoms with van der Waals surface area (Å²) in [5.41, 5.74) is 4.99. The van der Waals surface area contributed by atoms with Gasteiger partial charge in [-0.3, -0.25) is 19.0 Å². The summed E-state index contributed by atoms with van der Waals surface area (Å²) in [6.07, 6.45) is 2.69. The Hall–Kier alpha value is -3.76. The van der Waals surface area contributed by atoms with Crippen molar-refractivity contribution < 1.29 is 28.3 Å². The van der Waals surface area contributed by atoms with E-state index in [0.717, 1.165) is 18.7 Å². The second kappa shape index (κ2) is 10.4. The van der Waals surface area contributed by atoms with Gasteiger partial charge in [0.2, 0.25) is 11.8 Å². The maximum atomic E-state index is 13.0. The van der Waals surface area contributed by atoms with Crippen LogP contribution in [0.2, 0.25) is 0 Å². The molecule has 182 valence electrons. The monoisotopic (exact) mass is 476 g/mol. The number of pyridine rings is 1. The van der Waals surface area contributed by atoms with Crippen molar-refractivity contribution in [3.05, 3.63) is 58.5 Å². The summed E-state index contributed by atoms with van der Waals surface area (Å²) in [4.78, 5) is 47.8. The summed E-state index contributed by atoms with van der Waals surface area (Å²) < 4.78 is 26.3. The van der Waals surface area contributed by atoms with Gasteiger partial charge in [0.25, 0.3) is 5.56 Å². The van der Waals surface area contributed by atoms with Gasteiger partial charge < -0.3 is 21.5 Å². The van der Waals surface area contributed by atoms with E-state index in [4.69, 9.17) is 5.73 Å². The highest BCUT2D eigenvalue weighted by Crippen LogP contribution is 2.29. The van der Waals surface area contributed by atoms with Gasteiger partial charge in [-0.15, -0.1) is 0 Å². The molecule has 0 aliphatic heterocycles. The number of nitrogens with zero attached hydrogens (tertiary/aromatic N) is 1. The third-order valence-electron chi connectivity index (χ3n) is 6.01. The number of nitrogens with two attached hydrogens (primary N) is 1. The fourth-order valence-electron chi connectivity index (χ4n) is 4.18. The van der Waals surface area contributed by atoms with Crippen LogP contribution < -0.4 is 21.9 Å². The number of carbonyl (C=O) groups is 3. The van der Waals surface area contributed by atoms with Crippen molar-refractivity contribution in [3.63, 3.8) is 0 Å². The predicted octanol–water partition coefficient (Wildman–Crippen LogP) is 2.39. The quantitative estimate of drug-likeness (QED) is 0.463. The molecule has 3 amide bonds. The molecule has 2 aromatic rings. The number of rotatable bonds is 8. The van der Waals surface area contributed by atoms with Crippen molar-refractivity contribution in [1.82, 2.24) is 15.2 Å². The Morgan fingerprint density at radius 3 is 2.21 bits per heavy atom. The number of primary amides is 1. The molecule has 9 nitrogen and oxygen atoms in total. The van der Waals surface area contributed by atoms with Crippen LogP contribution in [0.1, 0.15) is 44.2 Å². The molecular weight excluding hydrogens is 450 g/mol. The molecule has 1 aromatic carbocycles.